The van der Waals surface area contributed by atoms with Crippen LogP contribution in [-0.2, 0) is 16.4 Å². The molecule has 0 aliphatic rings. The third-order valence-corrected chi connectivity index (χ3v) is 7.47. The van der Waals surface area contributed by atoms with Gasteiger partial charge in [0.2, 0.25) is 0 Å². The summed E-state index contributed by atoms with van der Waals surface area (Å²) >= 11 is 0. The highest BCUT2D eigenvalue weighted by atomic mass is 32.2. The number of hydrogen-bond acceptors (Lipinski definition) is 9. The van der Waals surface area contributed by atoms with Gasteiger partial charge in [0.1, 0.15) is 5.75 Å². The third-order valence-electron chi connectivity index (χ3n) is 6.13. The molecule has 0 saturated heterocycles. The van der Waals surface area contributed by atoms with E-state index < -0.39 is 14.9 Å². The number of anilines is 3. The lowest BCUT2D eigenvalue weighted by molar-refractivity contribution is -0.385. The zero-order chi connectivity index (χ0) is 29.0. The zero-order valence-corrected chi connectivity index (χ0v) is 22.5. The smallest absolute Gasteiger partial charge is 0.270 e. The number of nitrogens with zero attached hydrogens (tertiary/aromatic N) is 3. The molecular weight excluding hydrogens is 546 g/mol. The van der Waals surface area contributed by atoms with Crippen molar-refractivity contribution in [3.63, 3.8) is 0 Å². The molecule has 206 valence electrons. The molecule has 0 aliphatic carbocycles. The molecular formula is C29H23N5O6S. The first-order valence-corrected chi connectivity index (χ1v) is 13.8. The summed E-state index contributed by atoms with van der Waals surface area (Å²) in [5.41, 5.74) is 2.48. The first-order valence-electron chi connectivity index (χ1n) is 12.3. The fourth-order valence-electron chi connectivity index (χ4n) is 4.02. The van der Waals surface area contributed by atoms with Crippen LogP contribution in [0.4, 0.5) is 23.0 Å². The molecule has 0 saturated carbocycles. The Bertz CT molecular complexity index is 1860. The Kier molecular flexibility index (Phi) is 7.57. The van der Waals surface area contributed by atoms with E-state index in [2.05, 4.69) is 20.0 Å². The summed E-state index contributed by atoms with van der Waals surface area (Å²) in [6.07, 6.45) is 0.219. The lowest BCUT2D eigenvalue weighted by Crippen LogP contribution is -2.16. The standard InChI is InChI=1S/C29H23N5O6S/c1-40-23-15-9-19(10-16-23)17-27(35)20-11-13-21(14-12-20)30-28-29(32-26-8-3-2-7-25(26)31-28)33-41(38,39)24-6-4-5-22(18-24)34(36)37/h2-16,18H,17H2,1H3,(H,30,31)(H,32,33). The maximum absolute atomic E-state index is 13.1. The molecule has 0 bridgehead atoms. The Hall–Kier alpha value is -5.36. The number of non-ortho nitro benzene ring substituents is 1. The number of carbonyl (C=O) groups is 1. The van der Waals surface area contributed by atoms with E-state index in [4.69, 9.17) is 4.74 Å². The fraction of sp³-hybridized carbons (Fsp3) is 0.0690. The first-order chi connectivity index (χ1) is 19.7. The first kappa shape index (κ1) is 27.2. The summed E-state index contributed by atoms with van der Waals surface area (Å²) in [5.74, 6) is 0.641. The van der Waals surface area contributed by atoms with Crippen LogP contribution in [0.2, 0.25) is 0 Å². The van der Waals surface area contributed by atoms with Crippen molar-refractivity contribution in [2.45, 2.75) is 11.3 Å². The maximum atomic E-state index is 13.1. The number of carbonyl (C=O) groups excluding carboxylic acids is 1. The molecule has 0 spiro atoms. The predicted octanol–water partition coefficient (Wildman–Crippen LogP) is 5.52. The predicted molar refractivity (Wildman–Crippen MR) is 154 cm³/mol. The number of para-hydroxylation sites is 2. The Labute approximate surface area is 235 Å². The lowest BCUT2D eigenvalue weighted by atomic mass is 10.0. The van der Waals surface area contributed by atoms with Gasteiger partial charge in [-0.1, -0.05) is 30.3 Å². The number of ether oxygens (including phenoxy) is 1. The van der Waals surface area contributed by atoms with Gasteiger partial charge in [-0.25, -0.2) is 18.4 Å². The van der Waals surface area contributed by atoms with Crippen molar-refractivity contribution in [1.82, 2.24) is 9.97 Å². The van der Waals surface area contributed by atoms with Crippen molar-refractivity contribution in [1.29, 1.82) is 0 Å². The van der Waals surface area contributed by atoms with Gasteiger partial charge in [0.05, 0.1) is 28.0 Å². The van der Waals surface area contributed by atoms with Crippen LogP contribution in [0.25, 0.3) is 11.0 Å². The molecule has 2 N–H and O–H groups in total. The maximum Gasteiger partial charge on any atom is 0.270 e. The van der Waals surface area contributed by atoms with Gasteiger partial charge in [0, 0.05) is 29.8 Å². The van der Waals surface area contributed by atoms with Gasteiger partial charge in [-0.3, -0.25) is 19.6 Å². The summed E-state index contributed by atoms with van der Waals surface area (Å²) in [6, 6.07) is 25.6. The summed E-state index contributed by atoms with van der Waals surface area (Å²) in [7, 11) is -2.68. The average molecular weight is 570 g/mol. The van der Waals surface area contributed by atoms with Crippen LogP contribution in [0.15, 0.2) is 102 Å². The molecule has 41 heavy (non-hydrogen) atoms. The minimum absolute atomic E-state index is 0.0717. The number of fused-ring (bicyclic) bond motifs is 1. The Morgan fingerprint density at radius 3 is 2.17 bits per heavy atom. The van der Waals surface area contributed by atoms with Gasteiger partial charge in [-0.15, -0.1) is 0 Å². The number of nitrogens with one attached hydrogen (secondary N) is 2. The quantitative estimate of drug-likeness (QED) is 0.126. The minimum atomic E-state index is -4.25. The lowest BCUT2D eigenvalue weighted by Gasteiger charge is -2.14. The summed E-state index contributed by atoms with van der Waals surface area (Å²) < 4.78 is 33.8. The molecule has 0 fully saturated rings. The highest BCUT2D eigenvalue weighted by molar-refractivity contribution is 7.92. The van der Waals surface area contributed by atoms with Crippen LogP contribution in [-0.4, -0.2) is 36.2 Å². The molecule has 11 nitrogen and oxygen atoms in total. The van der Waals surface area contributed by atoms with Crippen LogP contribution in [0.3, 0.4) is 0 Å². The molecule has 0 amide bonds. The molecule has 4 aromatic carbocycles. The van der Waals surface area contributed by atoms with Gasteiger partial charge < -0.3 is 10.1 Å². The van der Waals surface area contributed by atoms with Crippen LogP contribution in [0.1, 0.15) is 15.9 Å². The summed E-state index contributed by atoms with van der Waals surface area (Å²) in [5, 5.41) is 14.2. The van der Waals surface area contributed by atoms with Gasteiger partial charge in [0.25, 0.3) is 15.7 Å². The SMILES string of the molecule is COc1ccc(CC(=O)c2ccc(Nc3nc4ccccc4nc3NS(=O)(=O)c3cccc([N+](=O)[O-])c3)cc2)cc1. The molecule has 0 unspecified atom stereocenters. The van der Waals surface area contributed by atoms with Gasteiger partial charge in [0.15, 0.2) is 17.4 Å². The molecule has 1 heterocycles. The van der Waals surface area contributed by atoms with Gasteiger partial charge in [-0.2, -0.15) is 0 Å². The number of ketones is 1. The monoisotopic (exact) mass is 569 g/mol. The number of hydrogen-bond donors (Lipinski definition) is 2. The van der Waals surface area contributed by atoms with Crippen LogP contribution >= 0.6 is 0 Å². The number of benzene rings is 4. The number of rotatable bonds is 10. The molecule has 12 heteroatoms. The number of nitro benzene ring substituents is 1. The fourth-order valence-corrected chi connectivity index (χ4v) is 5.06. The largest absolute Gasteiger partial charge is 0.497 e. The Morgan fingerprint density at radius 2 is 1.54 bits per heavy atom. The van der Waals surface area contributed by atoms with Crippen molar-refractivity contribution in [2.75, 3.05) is 17.1 Å². The van der Waals surface area contributed by atoms with Crippen LogP contribution in [0, 0.1) is 10.1 Å². The summed E-state index contributed by atoms with van der Waals surface area (Å²) in [4.78, 5) is 32.0. The third kappa shape index (κ3) is 6.28. The van der Waals surface area contributed by atoms with Crippen molar-refractivity contribution >= 4 is 49.9 Å². The van der Waals surface area contributed by atoms with E-state index in [0.717, 1.165) is 11.6 Å². The highest BCUT2D eigenvalue weighted by Crippen LogP contribution is 2.28. The molecule has 0 radical (unpaired) electrons. The van der Waals surface area contributed by atoms with E-state index in [1.165, 1.54) is 18.2 Å². The minimum Gasteiger partial charge on any atom is -0.497 e. The Balaban J connectivity index is 1.40. The van der Waals surface area contributed by atoms with Crippen molar-refractivity contribution in [2.24, 2.45) is 0 Å². The molecule has 5 aromatic rings. The van der Waals surface area contributed by atoms with Crippen molar-refractivity contribution < 1.29 is 22.9 Å². The number of Topliss-reactive ketones (excluding diaryl/α,β-unsaturated/α-hetero) is 1. The average Bonchev–Trinajstić information content (AvgIpc) is 2.98. The topological polar surface area (TPSA) is 153 Å². The Morgan fingerprint density at radius 1 is 0.878 bits per heavy atom. The van der Waals surface area contributed by atoms with E-state index >= 15 is 0 Å². The second kappa shape index (κ2) is 11.4. The van der Waals surface area contributed by atoms with Crippen molar-refractivity contribution in [3.05, 3.63) is 118 Å². The van der Waals surface area contributed by atoms with E-state index in [-0.39, 0.29) is 34.4 Å². The van der Waals surface area contributed by atoms with Gasteiger partial charge >= 0.3 is 0 Å². The molecule has 5 rings (SSSR count). The second-order valence-electron chi connectivity index (χ2n) is 8.92. The van der Waals surface area contributed by atoms with Crippen molar-refractivity contribution in [3.8, 4) is 5.75 Å². The zero-order valence-electron chi connectivity index (χ0n) is 21.6. The number of aromatic nitrogens is 2. The van der Waals surface area contributed by atoms with E-state index in [9.17, 15) is 23.3 Å². The number of methoxy groups -OCH3 is 1. The highest BCUT2D eigenvalue weighted by Gasteiger charge is 2.21. The number of sulfonamides is 1. The summed E-state index contributed by atoms with van der Waals surface area (Å²) in [6.45, 7) is 0. The van der Waals surface area contributed by atoms with Gasteiger partial charge in [-0.05, 0) is 60.2 Å². The van der Waals surface area contributed by atoms with E-state index in [1.54, 1.807) is 67.8 Å². The normalized spacial score (nSPS) is 11.1. The molecule has 0 atom stereocenters. The molecule has 0 aliphatic heterocycles. The second-order valence-corrected chi connectivity index (χ2v) is 10.6. The molecule has 1 aromatic heterocycles. The van der Waals surface area contributed by atoms with Crippen LogP contribution < -0.4 is 14.8 Å². The van der Waals surface area contributed by atoms with E-state index in [1.807, 2.05) is 12.1 Å². The number of nitro groups is 1. The van der Waals surface area contributed by atoms with E-state index in [0.29, 0.717) is 28.0 Å². The van der Waals surface area contributed by atoms with Crippen LogP contribution in [0.5, 0.6) is 5.75 Å².